The van der Waals surface area contributed by atoms with Crippen LogP contribution >= 0.6 is 11.6 Å². The van der Waals surface area contributed by atoms with Crippen LogP contribution in [0.15, 0.2) is 36.4 Å². The molecular formula is C17H19ClFNO. The second kappa shape index (κ2) is 7.43. The minimum Gasteiger partial charge on any atom is -0.494 e. The fourth-order valence-electron chi connectivity index (χ4n) is 2.22. The van der Waals surface area contributed by atoms with E-state index >= 15 is 0 Å². The highest BCUT2D eigenvalue weighted by atomic mass is 35.5. The molecule has 0 saturated heterocycles. The first kappa shape index (κ1) is 15.8. The molecule has 2 nitrogen and oxygen atoms in total. The summed E-state index contributed by atoms with van der Waals surface area (Å²) in [5.41, 5.74) is 2.85. The predicted molar refractivity (Wildman–Crippen MR) is 85.4 cm³/mol. The Morgan fingerprint density at radius 1 is 1.19 bits per heavy atom. The van der Waals surface area contributed by atoms with E-state index in [2.05, 4.69) is 12.2 Å². The van der Waals surface area contributed by atoms with Crippen molar-refractivity contribution in [3.05, 3.63) is 52.8 Å². The van der Waals surface area contributed by atoms with Crippen molar-refractivity contribution in [1.29, 1.82) is 0 Å². The van der Waals surface area contributed by atoms with Gasteiger partial charge in [-0.2, -0.15) is 0 Å². The monoisotopic (exact) mass is 307 g/mol. The van der Waals surface area contributed by atoms with Gasteiger partial charge in [-0.05, 0) is 53.9 Å². The normalized spacial score (nSPS) is 10.7. The number of methoxy groups -OCH3 is 1. The second-order valence-corrected chi connectivity index (χ2v) is 5.26. The van der Waals surface area contributed by atoms with E-state index in [1.807, 2.05) is 24.3 Å². The Hall–Kier alpha value is -1.58. The van der Waals surface area contributed by atoms with Crippen LogP contribution in [-0.4, -0.2) is 13.7 Å². The van der Waals surface area contributed by atoms with Gasteiger partial charge in [0, 0.05) is 11.6 Å². The number of hydrogen-bond donors (Lipinski definition) is 1. The van der Waals surface area contributed by atoms with E-state index in [9.17, 15) is 4.39 Å². The highest BCUT2D eigenvalue weighted by molar-refractivity contribution is 6.30. The molecule has 0 aliphatic carbocycles. The number of nitrogens with one attached hydrogen (secondary N) is 1. The highest BCUT2D eigenvalue weighted by Crippen LogP contribution is 2.29. The summed E-state index contributed by atoms with van der Waals surface area (Å²) in [4.78, 5) is 0. The van der Waals surface area contributed by atoms with Crippen LogP contribution in [0, 0.1) is 5.82 Å². The first-order valence-electron chi connectivity index (χ1n) is 6.98. The van der Waals surface area contributed by atoms with Crippen LogP contribution in [0.4, 0.5) is 4.39 Å². The summed E-state index contributed by atoms with van der Waals surface area (Å²) >= 11 is 6.07. The van der Waals surface area contributed by atoms with Crippen molar-refractivity contribution in [2.45, 2.75) is 19.9 Å². The molecule has 0 heterocycles. The number of rotatable bonds is 6. The first-order valence-corrected chi connectivity index (χ1v) is 7.36. The van der Waals surface area contributed by atoms with Crippen LogP contribution in [0.1, 0.15) is 18.9 Å². The molecule has 0 saturated carbocycles. The summed E-state index contributed by atoms with van der Waals surface area (Å²) in [6, 6.07) is 10.7. The van der Waals surface area contributed by atoms with E-state index in [4.69, 9.17) is 16.3 Å². The summed E-state index contributed by atoms with van der Waals surface area (Å²) in [6.45, 7) is 3.76. The van der Waals surface area contributed by atoms with Crippen LogP contribution in [0.5, 0.6) is 5.75 Å². The molecule has 0 bridgehead atoms. The molecule has 0 atom stereocenters. The van der Waals surface area contributed by atoms with Gasteiger partial charge in [-0.25, -0.2) is 4.39 Å². The molecule has 2 aromatic rings. The van der Waals surface area contributed by atoms with Crippen LogP contribution in [0.25, 0.3) is 11.1 Å². The molecule has 0 spiro atoms. The van der Waals surface area contributed by atoms with Crippen molar-refractivity contribution in [3.8, 4) is 16.9 Å². The van der Waals surface area contributed by atoms with Crippen molar-refractivity contribution in [2.75, 3.05) is 13.7 Å². The Bertz CT molecular complexity index is 616. The van der Waals surface area contributed by atoms with Crippen molar-refractivity contribution >= 4 is 11.6 Å². The highest BCUT2D eigenvalue weighted by Gasteiger charge is 2.09. The van der Waals surface area contributed by atoms with Gasteiger partial charge in [0.2, 0.25) is 0 Å². The predicted octanol–water partition coefficient (Wildman–Crippen LogP) is 4.65. The van der Waals surface area contributed by atoms with E-state index in [1.54, 1.807) is 6.07 Å². The topological polar surface area (TPSA) is 21.3 Å². The van der Waals surface area contributed by atoms with Crippen LogP contribution < -0.4 is 10.1 Å². The molecule has 0 fully saturated rings. The lowest BCUT2D eigenvalue weighted by Crippen LogP contribution is -2.14. The van der Waals surface area contributed by atoms with Gasteiger partial charge in [0.05, 0.1) is 7.11 Å². The van der Waals surface area contributed by atoms with Gasteiger partial charge in [0.15, 0.2) is 11.6 Å². The van der Waals surface area contributed by atoms with Crippen molar-refractivity contribution in [3.63, 3.8) is 0 Å². The molecule has 0 aliphatic rings. The van der Waals surface area contributed by atoms with Crippen LogP contribution in [0.3, 0.4) is 0 Å². The Morgan fingerprint density at radius 3 is 2.67 bits per heavy atom. The van der Waals surface area contributed by atoms with Gasteiger partial charge in [-0.3, -0.25) is 0 Å². The number of hydrogen-bond acceptors (Lipinski definition) is 2. The van der Waals surface area contributed by atoms with E-state index in [1.165, 1.54) is 13.2 Å². The molecule has 0 amide bonds. The lowest BCUT2D eigenvalue weighted by Gasteiger charge is -2.12. The van der Waals surface area contributed by atoms with E-state index < -0.39 is 0 Å². The molecule has 0 aliphatic heterocycles. The fraction of sp³-hybridized carbons (Fsp3) is 0.294. The lowest BCUT2D eigenvalue weighted by atomic mass is 9.99. The third-order valence-corrected chi connectivity index (χ3v) is 3.51. The molecular weight excluding hydrogens is 289 g/mol. The number of halogens is 2. The largest absolute Gasteiger partial charge is 0.494 e. The van der Waals surface area contributed by atoms with E-state index in [-0.39, 0.29) is 11.6 Å². The average Bonchev–Trinajstić information content (AvgIpc) is 2.47. The maximum atomic E-state index is 13.9. The lowest BCUT2D eigenvalue weighted by molar-refractivity contribution is 0.386. The minimum atomic E-state index is -0.364. The molecule has 0 aromatic heterocycles. The number of ether oxygens (including phenoxy) is 1. The van der Waals surface area contributed by atoms with Crippen molar-refractivity contribution in [1.82, 2.24) is 5.32 Å². The first-order chi connectivity index (χ1) is 10.2. The fourth-order valence-corrected chi connectivity index (χ4v) is 2.42. The van der Waals surface area contributed by atoms with Gasteiger partial charge in [0.25, 0.3) is 0 Å². The van der Waals surface area contributed by atoms with Crippen molar-refractivity contribution in [2.24, 2.45) is 0 Å². The smallest absolute Gasteiger partial charge is 0.165 e. The Morgan fingerprint density at radius 2 is 2.00 bits per heavy atom. The second-order valence-electron chi connectivity index (χ2n) is 4.83. The summed E-state index contributed by atoms with van der Waals surface area (Å²) < 4.78 is 18.8. The van der Waals surface area contributed by atoms with Gasteiger partial charge < -0.3 is 10.1 Å². The molecule has 0 unspecified atom stereocenters. The van der Waals surface area contributed by atoms with Gasteiger partial charge in [-0.1, -0.05) is 30.7 Å². The Labute approximate surface area is 129 Å². The van der Waals surface area contributed by atoms with Gasteiger partial charge in [0.1, 0.15) is 0 Å². The van der Waals surface area contributed by atoms with Gasteiger partial charge >= 0.3 is 0 Å². The Balaban J connectivity index is 2.35. The molecule has 112 valence electrons. The summed E-state index contributed by atoms with van der Waals surface area (Å²) in [6.07, 6.45) is 1.06. The summed E-state index contributed by atoms with van der Waals surface area (Å²) in [5, 5.41) is 4.03. The molecule has 4 heteroatoms. The summed E-state index contributed by atoms with van der Waals surface area (Å²) in [7, 11) is 1.46. The molecule has 1 N–H and O–H groups in total. The summed E-state index contributed by atoms with van der Waals surface area (Å²) in [5.74, 6) is -0.115. The molecule has 2 aromatic carbocycles. The zero-order chi connectivity index (χ0) is 15.2. The maximum absolute atomic E-state index is 13.9. The van der Waals surface area contributed by atoms with Crippen LogP contribution in [-0.2, 0) is 6.54 Å². The third kappa shape index (κ3) is 3.96. The number of benzene rings is 2. The zero-order valence-corrected chi connectivity index (χ0v) is 13.0. The van der Waals surface area contributed by atoms with Crippen molar-refractivity contribution < 1.29 is 9.13 Å². The zero-order valence-electron chi connectivity index (χ0n) is 12.2. The molecule has 21 heavy (non-hydrogen) atoms. The van der Waals surface area contributed by atoms with Crippen LogP contribution in [0.2, 0.25) is 5.02 Å². The Kier molecular flexibility index (Phi) is 5.59. The van der Waals surface area contributed by atoms with Gasteiger partial charge in [-0.15, -0.1) is 0 Å². The maximum Gasteiger partial charge on any atom is 0.165 e. The quantitative estimate of drug-likeness (QED) is 0.784. The minimum absolute atomic E-state index is 0.248. The van der Waals surface area contributed by atoms with E-state index in [0.717, 1.165) is 29.7 Å². The SMILES string of the molecule is CCCNCc1cc(Cl)ccc1-c1ccc(OC)c(F)c1. The molecule has 2 rings (SSSR count). The molecule has 0 radical (unpaired) electrons. The van der Waals surface area contributed by atoms with E-state index in [0.29, 0.717) is 11.6 Å². The standard InChI is InChI=1S/C17H19ClFNO/c1-3-8-20-11-13-9-14(18)5-6-15(13)12-4-7-17(21-2)16(19)10-12/h4-7,9-10,20H,3,8,11H2,1-2H3. The average molecular weight is 308 g/mol. The third-order valence-electron chi connectivity index (χ3n) is 3.27.